The quantitative estimate of drug-likeness (QED) is 0.639. The second-order valence-electron chi connectivity index (χ2n) is 1.19. The second-order valence-corrected chi connectivity index (χ2v) is 8.15. The summed E-state index contributed by atoms with van der Waals surface area (Å²) in [4.78, 5) is 0. The van der Waals surface area contributed by atoms with Crippen molar-refractivity contribution in [3.8, 4) is 0 Å². The van der Waals surface area contributed by atoms with Gasteiger partial charge in [-0.15, -0.1) is 0 Å². The van der Waals surface area contributed by atoms with Crippen LogP contribution in [0.5, 0.6) is 0 Å². The van der Waals surface area contributed by atoms with Crippen molar-refractivity contribution in [2.75, 3.05) is 11.2 Å². The zero-order valence-electron chi connectivity index (χ0n) is 4.43. The van der Waals surface area contributed by atoms with Crippen LogP contribution in [-0.2, 0) is 4.57 Å². The van der Waals surface area contributed by atoms with Crippen molar-refractivity contribution < 1.29 is 4.57 Å². The summed E-state index contributed by atoms with van der Waals surface area (Å²) in [6.45, 7) is 1.97. The molecule has 0 unspecified atom stereocenters. The molecule has 0 N–H and O–H groups in total. The largest absolute Gasteiger partial charge is 0.288 e. The van der Waals surface area contributed by atoms with E-state index in [4.69, 9.17) is 22.5 Å². The molecule has 50 valence electrons. The lowest BCUT2D eigenvalue weighted by atomic mass is 11.0. The Labute approximate surface area is 63.1 Å². The van der Waals surface area contributed by atoms with Gasteiger partial charge in [0, 0.05) is 0 Å². The molecule has 0 atom stereocenters. The lowest BCUT2D eigenvalue weighted by Crippen LogP contribution is -1.69. The van der Waals surface area contributed by atoms with Crippen molar-refractivity contribution in [2.45, 2.75) is 6.92 Å². The molecule has 0 radical (unpaired) electrons. The van der Waals surface area contributed by atoms with E-state index in [1.165, 1.54) is 11.8 Å². The SMILES string of the molecule is CCSCP(=O)(Cl)Cl. The van der Waals surface area contributed by atoms with Gasteiger partial charge in [-0.05, 0) is 28.2 Å². The van der Waals surface area contributed by atoms with Gasteiger partial charge in [0.05, 0.1) is 5.49 Å². The molecule has 0 heterocycles. The van der Waals surface area contributed by atoms with Crippen molar-refractivity contribution in [1.29, 1.82) is 0 Å². The first kappa shape index (κ1) is 9.16. The molecule has 0 saturated carbocycles. The zero-order valence-corrected chi connectivity index (χ0v) is 7.66. The lowest BCUT2D eigenvalue weighted by molar-refractivity contribution is 0.595. The molecule has 0 bridgehead atoms. The summed E-state index contributed by atoms with van der Waals surface area (Å²) in [5, 5.41) is 0. The average molecular weight is 193 g/mol. The molecule has 0 aromatic carbocycles. The Balaban J connectivity index is 3.26. The molecule has 5 heteroatoms. The van der Waals surface area contributed by atoms with Gasteiger partial charge in [-0.2, -0.15) is 11.8 Å². The minimum absolute atomic E-state index is 0.368. The van der Waals surface area contributed by atoms with Crippen LogP contribution in [0.25, 0.3) is 0 Å². The first-order chi connectivity index (χ1) is 3.56. The highest BCUT2D eigenvalue weighted by Gasteiger charge is 2.11. The number of halogens is 2. The van der Waals surface area contributed by atoms with Gasteiger partial charge in [0.2, 0.25) is 0 Å². The molecule has 0 aliphatic heterocycles. The summed E-state index contributed by atoms with van der Waals surface area (Å²) in [5.74, 6) is -1.87. The highest BCUT2D eigenvalue weighted by atomic mass is 35.9. The molecular formula is C3H7Cl2OPS. The van der Waals surface area contributed by atoms with E-state index in [0.717, 1.165) is 5.75 Å². The Morgan fingerprint density at radius 3 is 2.25 bits per heavy atom. The molecule has 0 aliphatic rings. The van der Waals surface area contributed by atoms with Gasteiger partial charge in [0.25, 0.3) is 5.85 Å². The molecule has 0 aromatic rings. The average Bonchev–Trinajstić information content (AvgIpc) is 1.59. The summed E-state index contributed by atoms with van der Waals surface area (Å²) >= 11 is 11.9. The van der Waals surface area contributed by atoms with Crippen molar-refractivity contribution in [3.05, 3.63) is 0 Å². The van der Waals surface area contributed by atoms with Gasteiger partial charge in [-0.1, -0.05) is 6.92 Å². The van der Waals surface area contributed by atoms with Crippen molar-refractivity contribution >= 4 is 40.1 Å². The number of hydrogen-bond acceptors (Lipinski definition) is 2. The number of rotatable bonds is 3. The minimum Gasteiger partial charge on any atom is -0.288 e. The van der Waals surface area contributed by atoms with Gasteiger partial charge >= 0.3 is 0 Å². The van der Waals surface area contributed by atoms with E-state index < -0.39 is 5.85 Å². The summed E-state index contributed by atoms with van der Waals surface area (Å²) < 4.78 is 10.5. The Hall–Kier alpha value is 1.16. The fraction of sp³-hybridized carbons (Fsp3) is 1.00. The van der Waals surface area contributed by atoms with Crippen LogP contribution in [0, 0.1) is 0 Å². The fourth-order valence-electron chi connectivity index (χ4n) is 0.198. The van der Waals surface area contributed by atoms with Crippen LogP contribution in [0.1, 0.15) is 6.92 Å². The minimum atomic E-state index is -2.77. The molecule has 0 amide bonds. The third kappa shape index (κ3) is 7.16. The molecule has 0 aromatic heterocycles. The normalized spacial score (nSPS) is 11.9. The zero-order chi connectivity index (χ0) is 6.62. The van der Waals surface area contributed by atoms with E-state index in [1.807, 2.05) is 6.92 Å². The maximum absolute atomic E-state index is 10.5. The van der Waals surface area contributed by atoms with Crippen molar-refractivity contribution in [1.82, 2.24) is 0 Å². The highest BCUT2D eigenvalue weighted by molar-refractivity contribution is 8.19. The van der Waals surface area contributed by atoms with Gasteiger partial charge in [0.1, 0.15) is 0 Å². The van der Waals surface area contributed by atoms with Crippen molar-refractivity contribution in [2.24, 2.45) is 0 Å². The summed E-state index contributed by atoms with van der Waals surface area (Å²) in [7, 11) is 0. The van der Waals surface area contributed by atoms with Gasteiger partial charge in [0.15, 0.2) is 0 Å². The van der Waals surface area contributed by atoms with E-state index >= 15 is 0 Å². The van der Waals surface area contributed by atoms with Gasteiger partial charge < -0.3 is 0 Å². The van der Waals surface area contributed by atoms with Crippen LogP contribution in [0.15, 0.2) is 0 Å². The Kier molecular flexibility index (Phi) is 4.64. The van der Waals surface area contributed by atoms with Crippen LogP contribution >= 0.6 is 40.1 Å². The molecular weight excluding hydrogens is 186 g/mol. The van der Waals surface area contributed by atoms with Crippen LogP contribution in [-0.4, -0.2) is 11.2 Å². The first-order valence-electron chi connectivity index (χ1n) is 2.12. The predicted molar refractivity (Wildman–Crippen MR) is 42.3 cm³/mol. The summed E-state index contributed by atoms with van der Waals surface area (Å²) in [6, 6.07) is 0. The highest BCUT2D eigenvalue weighted by Crippen LogP contribution is 2.58. The molecule has 8 heavy (non-hydrogen) atoms. The Morgan fingerprint density at radius 1 is 1.62 bits per heavy atom. The number of thioether (sulfide) groups is 1. The second kappa shape index (κ2) is 4.05. The van der Waals surface area contributed by atoms with E-state index in [-0.39, 0.29) is 0 Å². The predicted octanol–water partition coefficient (Wildman–Crippen LogP) is 3.37. The summed E-state index contributed by atoms with van der Waals surface area (Å²) in [6.07, 6.45) is 0. The van der Waals surface area contributed by atoms with Crippen LogP contribution in [0.4, 0.5) is 0 Å². The molecule has 0 rings (SSSR count). The summed E-state index contributed by atoms with van der Waals surface area (Å²) in [5.41, 5.74) is 0.368. The maximum atomic E-state index is 10.5. The Morgan fingerprint density at radius 2 is 2.12 bits per heavy atom. The van der Waals surface area contributed by atoms with Crippen molar-refractivity contribution in [3.63, 3.8) is 0 Å². The van der Waals surface area contributed by atoms with E-state index in [0.29, 0.717) is 5.49 Å². The van der Waals surface area contributed by atoms with Crippen LogP contribution in [0.2, 0.25) is 0 Å². The molecule has 0 spiro atoms. The standard InChI is InChI=1S/C3H7Cl2OPS/c1-2-8-3-7(4,5)6/h2-3H2,1H3. The Bertz CT molecular complexity index is 101. The van der Waals surface area contributed by atoms with E-state index in [1.54, 1.807) is 0 Å². The maximum Gasteiger partial charge on any atom is 0.262 e. The van der Waals surface area contributed by atoms with E-state index in [2.05, 4.69) is 0 Å². The third-order valence-electron chi connectivity index (χ3n) is 0.446. The number of hydrogen-bond donors (Lipinski definition) is 0. The van der Waals surface area contributed by atoms with Gasteiger partial charge in [-0.3, -0.25) is 4.57 Å². The first-order valence-corrected chi connectivity index (χ1v) is 6.98. The van der Waals surface area contributed by atoms with Crippen LogP contribution < -0.4 is 0 Å². The fourth-order valence-corrected chi connectivity index (χ4v) is 3.02. The molecule has 0 aliphatic carbocycles. The monoisotopic (exact) mass is 192 g/mol. The molecule has 1 nitrogen and oxygen atoms in total. The molecule has 0 saturated heterocycles. The topological polar surface area (TPSA) is 17.1 Å². The smallest absolute Gasteiger partial charge is 0.262 e. The van der Waals surface area contributed by atoms with E-state index in [9.17, 15) is 4.57 Å². The lowest BCUT2D eigenvalue weighted by Gasteiger charge is -1.96. The van der Waals surface area contributed by atoms with Crippen LogP contribution in [0.3, 0.4) is 0 Å². The molecule has 0 fully saturated rings. The third-order valence-corrected chi connectivity index (χ3v) is 4.54. The van der Waals surface area contributed by atoms with Gasteiger partial charge in [-0.25, -0.2) is 0 Å².